The summed E-state index contributed by atoms with van der Waals surface area (Å²) in [7, 11) is -8.23. The van der Waals surface area contributed by atoms with E-state index in [1.165, 1.54) is 4.57 Å². The maximum atomic E-state index is 13.9. The molecule has 0 aliphatic carbocycles. The molecule has 1 unspecified atom stereocenters. The minimum atomic E-state index is -4.30. The first-order chi connectivity index (χ1) is 16.7. The van der Waals surface area contributed by atoms with Crippen molar-refractivity contribution in [1.29, 1.82) is 0 Å². The molecule has 1 aliphatic rings. The van der Waals surface area contributed by atoms with Gasteiger partial charge in [0.2, 0.25) is 20.8 Å². The molecule has 5 rings (SSSR count). The third-order valence-corrected chi connectivity index (χ3v) is 8.69. The second-order valence-electron chi connectivity index (χ2n) is 8.20. The van der Waals surface area contributed by atoms with E-state index >= 15 is 0 Å². The standard InChI is InChI=1S/C25H21N3O5S2/c1-34(30,31)25-26-24-21(28(25)20-15-9-4-10-16-20)22(29)23(19-13-7-3-8-14-19)35(32,33)27(24)17-18-11-5-2-6-12-18/h2-16,23H,17H2,1H3. The third kappa shape index (κ3) is 3.94. The van der Waals surface area contributed by atoms with Crippen LogP contribution in [0.1, 0.15) is 26.9 Å². The molecule has 35 heavy (non-hydrogen) atoms. The summed E-state index contributed by atoms with van der Waals surface area (Å²) < 4.78 is 55.6. The van der Waals surface area contributed by atoms with E-state index in [9.17, 15) is 21.6 Å². The predicted octanol–water partition coefficient (Wildman–Crippen LogP) is 3.55. The Morgan fingerprint density at radius 1 is 0.857 bits per heavy atom. The number of Topliss-reactive ketones (excluding diaryl/α,β-unsaturated/α-hetero) is 1. The number of carbonyl (C=O) groups is 1. The number of hydrogen-bond acceptors (Lipinski definition) is 6. The van der Waals surface area contributed by atoms with Gasteiger partial charge in [-0.3, -0.25) is 9.36 Å². The number of sulfone groups is 1. The van der Waals surface area contributed by atoms with Crippen LogP contribution in [0, 0.1) is 0 Å². The van der Waals surface area contributed by atoms with Crippen LogP contribution in [0.5, 0.6) is 0 Å². The highest BCUT2D eigenvalue weighted by molar-refractivity contribution is 7.94. The van der Waals surface area contributed by atoms with Crippen molar-refractivity contribution in [2.45, 2.75) is 17.0 Å². The molecule has 1 atom stereocenters. The number of imidazole rings is 1. The second-order valence-corrected chi connectivity index (χ2v) is 12.1. The van der Waals surface area contributed by atoms with Crippen molar-refractivity contribution in [2.75, 3.05) is 10.6 Å². The van der Waals surface area contributed by atoms with Gasteiger partial charge in [0.1, 0.15) is 5.69 Å². The lowest BCUT2D eigenvalue weighted by molar-refractivity contribution is 0.0978. The van der Waals surface area contributed by atoms with E-state index in [0.717, 1.165) is 10.6 Å². The molecule has 1 aromatic heterocycles. The molecule has 0 radical (unpaired) electrons. The van der Waals surface area contributed by atoms with Crippen LogP contribution in [0.4, 0.5) is 5.82 Å². The molecule has 0 saturated heterocycles. The zero-order valence-electron chi connectivity index (χ0n) is 18.6. The molecule has 4 aromatic rings. The number of para-hydroxylation sites is 1. The monoisotopic (exact) mass is 507 g/mol. The zero-order valence-corrected chi connectivity index (χ0v) is 20.3. The molecule has 0 bridgehead atoms. The van der Waals surface area contributed by atoms with E-state index in [1.54, 1.807) is 84.9 Å². The van der Waals surface area contributed by atoms with Crippen molar-refractivity contribution in [3.8, 4) is 5.69 Å². The topological polar surface area (TPSA) is 106 Å². The number of rotatable bonds is 5. The fourth-order valence-electron chi connectivity index (χ4n) is 4.22. The van der Waals surface area contributed by atoms with Gasteiger partial charge in [-0.2, -0.15) is 4.98 Å². The first-order valence-corrected chi connectivity index (χ1v) is 14.1. The first kappa shape index (κ1) is 23.0. The Balaban J connectivity index is 1.85. The van der Waals surface area contributed by atoms with E-state index in [2.05, 4.69) is 4.98 Å². The average molecular weight is 508 g/mol. The summed E-state index contributed by atoms with van der Waals surface area (Å²) in [6, 6.07) is 25.5. The minimum absolute atomic E-state index is 0.0868. The van der Waals surface area contributed by atoms with E-state index in [4.69, 9.17) is 0 Å². The Bertz CT molecular complexity index is 1620. The number of nitrogens with zero attached hydrogens (tertiary/aromatic N) is 3. The first-order valence-electron chi connectivity index (χ1n) is 10.7. The van der Waals surface area contributed by atoms with Crippen molar-refractivity contribution in [2.24, 2.45) is 0 Å². The summed E-state index contributed by atoms with van der Waals surface area (Å²) in [4.78, 5) is 18.2. The summed E-state index contributed by atoms with van der Waals surface area (Å²) in [6.45, 7) is -0.109. The van der Waals surface area contributed by atoms with Crippen LogP contribution < -0.4 is 4.31 Å². The highest BCUT2D eigenvalue weighted by Crippen LogP contribution is 2.43. The van der Waals surface area contributed by atoms with Crippen LogP contribution in [0.2, 0.25) is 0 Å². The molecule has 0 saturated carbocycles. The number of fused-ring (bicyclic) bond motifs is 1. The van der Waals surface area contributed by atoms with Crippen LogP contribution in [0.25, 0.3) is 5.69 Å². The maximum Gasteiger partial charge on any atom is 0.251 e. The summed E-state index contributed by atoms with van der Waals surface area (Å²) >= 11 is 0. The predicted molar refractivity (Wildman–Crippen MR) is 132 cm³/mol. The Kier molecular flexibility index (Phi) is 5.57. The smallest absolute Gasteiger partial charge is 0.251 e. The number of aromatic nitrogens is 2. The number of anilines is 1. The van der Waals surface area contributed by atoms with Crippen molar-refractivity contribution < 1.29 is 21.6 Å². The molecule has 0 N–H and O–H groups in total. The van der Waals surface area contributed by atoms with Crippen molar-refractivity contribution in [3.63, 3.8) is 0 Å². The summed E-state index contributed by atoms with van der Waals surface area (Å²) in [5.74, 6) is -0.933. The largest absolute Gasteiger partial charge is 0.290 e. The fraction of sp³-hybridized carbons (Fsp3) is 0.120. The number of carbonyl (C=O) groups excluding carboxylic acids is 1. The van der Waals surface area contributed by atoms with Crippen LogP contribution in [-0.4, -0.2) is 38.4 Å². The van der Waals surface area contributed by atoms with Crippen LogP contribution in [0.3, 0.4) is 0 Å². The molecule has 3 aromatic carbocycles. The molecule has 0 spiro atoms. The zero-order chi connectivity index (χ0) is 24.8. The molecule has 8 nitrogen and oxygen atoms in total. The highest BCUT2D eigenvalue weighted by Gasteiger charge is 2.49. The van der Waals surface area contributed by atoms with Gasteiger partial charge in [0, 0.05) is 11.9 Å². The molecule has 178 valence electrons. The lowest BCUT2D eigenvalue weighted by atomic mass is 10.1. The Morgan fingerprint density at radius 3 is 1.97 bits per heavy atom. The molecular weight excluding hydrogens is 486 g/mol. The Labute approximate surface area is 203 Å². The molecule has 0 fully saturated rings. The number of sulfonamides is 1. The Hall–Kier alpha value is -3.76. The molecule has 10 heteroatoms. The summed E-state index contributed by atoms with van der Waals surface area (Å²) in [5, 5.41) is -1.95. The molecule has 0 amide bonds. The number of hydrogen-bond donors (Lipinski definition) is 0. The summed E-state index contributed by atoms with van der Waals surface area (Å²) in [6.07, 6.45) is 0.982. The number of benzene rings is 3. The second kappa shape index (κ2) is 8.47. The Morgan fingerprint density at radius 2 is 1.40 bits per heavy atom. The van der Waals surface area contributed by atoms with Gasteiger partial charge in [0.25, 0.3) is 10.0 Å². The lowest BCUT2D eigenvalue weighted by Gasteiger charge is -2.32. The average Bonchev–Trinajstić information content (AvgIpc) is 3.25. The summed E-state index contributed by atoms with van der Waals surface area (Å²) in [5.41, 5.74) is 1.26. The lowest BCUT2D eigenvalue weighted by Crippen LogP contribution is -2.43. The van der Waals surface area contributed by atoms with Gasteiger partial charge in [0.15, 0.2) is 11.1 Å². The van der Waals surface area contributed by atoms with Gasteiger partial charge in [-0.25, -0.2) is 21.1 Å². The van der Waals surface area contributed by atoms with Crippen LogP contribution >= 0.6 is 0 Å². The van der Waals surface area contributed by atoms with E-state index in [0.29, 0.717) is 16.8 Å². The number of ketones is 1. The van der Waals surface area contributed by atoms with Crippen molar-refractivity contribution in [1.82, 2.24) is 9.55 Å². The SMILES string of the molecule is CS(=O)(=O)c1nc2c(n1-c1ccccc1)C(=O)C(c1ccccc1)S(=O)(=O)N2Cc1ccccc1. The van der Waals surface area contributed by atoms with E-state index in [1.807, 2.05) is 6.07 Å². The van der Waals surface area contributed by atoms with Gasteiger partial charge < -0.3 is 0 Å². The molecular formula is C25H21N3O5S2. The third-order valence-electron chi connectivity index (χ3n) is 5.76. The van der Waals surface area contributed by atoms with Gasteiger partial charge in [-0.15, -0.1) is 0 Å². The van der Waals surface area contributed by atoms with Crippen LogP contribution in [-0.2, 0) is 26.4 Å². The van der Waals surface area contributed by atoms with Gasteiger partial charge in [0.05, 0.1) is 6.54 Å². The maximum absolute atomic E-state index is 13.9. The van der Waals surface area contributed by atoms with E-state index in [-0.39, 0.29) is 18.1 Å². The quantitative estimate of drug-likeness (QED) is 0.409. The van der Waals surface area contributed by atoms with E-state index < -0.39 is 36.1 Å². The van der Waals surface area contributed by atoms with Crippen LogP contribution in [0.15, 0.2) is 96.2 Å². The molecule has 1 aliphatic heterocycles. The van der Waals surface area contributed by atoms with Crippen molar-refractivity contribution in [3.05, 3.63) is 108 Å². The molecule has 2 heterocycles. The fourth-order valence-corrected chi connectivity index (χ4v) is 6.84. The van der Waals surface area contributed by atoms with Gasteiger partial charge in [-0.1, -0.05) is 78.9 Å². The van der Waals surface area contributed by atoms with Gasteiger partial charge >= 0.3 is 0 Å². The normalized spacial score (nSPS) is 17.2. The minimum Gasteiger partial charge on any atom is -0.290 e. The highest BCUT2D eigenvalue weighted by atomic mass is 32.2. The van der Waals surface area contributed by atoms with Gasteiger partial charge in [-0.05, 0) is 23.3 Å². The van der Waals surface area contributed by atoms with Crippen molar-refractivity contribution >= 4 is 31.5 Å².